The van der Waals surface area contributed by atoms with Crippen molar-refractivity contribution >= 4 is 29.5 Å². The smallest absolute Gasteiger partial charge is 0.242 e. The van der Waals surface area contributed by atoms with E-state index >= 15 is 0 Å². The first-order valence-corrected chi connectivity index (χ1v) is 9.62. The summed E-state index contributed by atoms with van der Waals surface area (Å²) in [4.78, 5) is 18.3. The predicted octanol–water partition coefficient (Wildman–Crippen LogP) is 2.30. The van der Waals surface area contributed by atoms with Crippen molar-refractivity contribution in [3.8, 4) is 0 Å². The number of aryl methyl sites for hydroxylation is 1. The van der Waals surface area contributed by atoms with Crippen LogP contribution in [0.5, 0.6) is 0 Å². The summed E-state index contributed by atoms with van der Waals surface area (Å²) in [6.07, 6.45) is 1.81. The molecule has 1 amide bonds. The third-order valence-electron chi connectivity index (χ3n) is 4.29. The number of thiophene rings is 1. The third-order valence-corrected chi connectivity index (χ3v) is 5.46. The largest absolute Gasteiger partial charge is 0.339 e. The SMILES string of the molecule is CCCc1n[nH]c(=S)n1CC(=O)N1CCN(Cc2cccs2)CC1. The molecule has 0 bridgehead atoms. The molecule has 3 rings (SSSR count). The summed E-state index contributed by atoms with van der Waals surface area (Å²) in [5.74, 6) is 0.993. The lowest BCUT2D eigenvalue weighted by Crippen LogP contribution is -2.49. The molecule has 0 aromatic carbocycles. The molecule has 1 N–H and O–H groups in total. The molecule has 1 aliphatic heterocycles. The van der Waals surface area contributed by atoms with Gasteiger partial charge in [0.25, 0.3) is 0 Å². The minimum absolute atomic E-state index is 0.126. The number of aromatic amines is 1. The van der Waals surface area contributed by atoms with Crippen molar-refractivity contribution in [2.75, 3.05) is 26.2 Å². The number of carbonyl (C=O) groups is 1. The lowest BCUT2D eigenvalue weighted by atomic mass is 10.3. The number of nitrogens with one attached hydrogen (secondary N) is 1. The van der Waals surface area contributed by atoms with Gasteiger partial charge in [0, 0.05) is 44.0 Å². The van der Waals surface area contributed by atoms with Crippen molar-refractivity contribution in [2.24, 2.45) is 0 Å². The van der Waals surface area contributed by atoms with Crippen molar-refractivity contribution in [1.29, 1.82) is 0 Å². The summed E-state index contributed by atoms with van der Waals surface area (Å²) >= 11 is 7.04. The van der Waals surface area contributed by atoms with Crippen molar-refractivity contribution in [3.05, 3.63) is 33.0 Å². The fourth-order valence-electron chi connectivity index (χ4n) is 2.94. The van der Waals surface area contributed by atoms with Gasteiger partial charge >= 0.3 is 0 Å². The van der Waals surface area contributed by atoms with E-state index in [4.69, 9.17) is 12.2 Å². The van der Waals surface area contributed by atoms with Crippen LogP contribution in [-0.2, 0) is 24.3 Å². The van der Waals surface area contributed by atoms with Gasteiger partial charge in [-0.25, -0.2) is 0 Å². The molecule has 3 heterocycles. The third kappa shape index (κ3) is 4.12. The van der Waals surface area contributed by atoms with Gasteiger partial charge in [0.15, 0.2) is 4.77 Å². The molecule has 0 radical (unpaired) electrons. The Morgan fingerprint density at radius 3 is 2.83 bits per heavy atom. The van der Waals surface area contributed by atoms with E-state index in [1.54, 1.807) is 11.3 Å². The predicted molar refractivity (Wildman–Crippen MR) is 97.6 cm³/mol. The van der Waals surface area contributed by atoms with Gasteiger partial charge in [0.2, 0.25) is 5.91 Å². The molecular formula is C16H23N5OS2. The van der Waals surface area contributed by atoms with Crippen LogP contribution in [0.3, 0.4) is 0 Å². The van der Waals surface area contributed by atoms with Gasteiger partial charge < -0.3 is 4.90 Å². The molecule has 130 valence electrons. The van der Waals surface area contributed by atoms with E-state index in [9.17, 15) is 4.79 Å². The highest BCUT2D eigenvalue weighted by Crippen LogP contribution is 2.14. The van der Waals surface area contributed by atoms with Crippen molar-refractivity contribution < 1.29 is 4.79 Å². The van der Waals surface area contributed by atoms with Crippen LogP contribution in [0.15, 0.2) is 17.5 Å². The van der Waals surface area contributed by atoms with Crippen LogP contribution in [-0.4, -0.2) is 56.7 Å². The van der Waals surface area contributed by atoms with Crippen LogP contribution >= 0.6 is 23.6 Å². The second-order valence-electron chi connectivity index (χ2n) is 6.02. The number of H-pyrrole nitrogens is 1. The number of nitrogens with zero attached hydrogens (tertiary/aromatic N) is 4. The summed E-state index contributed by atoms with van der Waals surface area (Å²) in [6, 6.07) is 4.25. The normalized spacial score (nSPS) is 15.8. The van der Waals surface area contributed by atoms with Gasteiger partial charge in [-0.1, -0.05) is 13.0 Å². The van der Waals surface area contributed by atoms with Gasteiger partial charge in [0.1, 0.15) is 12.4 Å². The van der Waals surface area contributed by atoms with E-state index in [0.29, 0.717) is 4.77 Å². The lowest BCUT2D eigenvalue weighted by molar-refractivity contribution is -0.133. The number of hydrogen-bond donors (Lipinski definition) is 1. The number of piperazine rings is 1. The van der Waals surface area contributed by atoms with E-state index in [1.807, 2.05) is 9.47 Å². The molecule has 8 heteroatoms. The quantitative estimate of drug-likeness (QED) is 0.798. The molecule has 0 saturated carbocycles. The molecule has 24 heavy (non-hydrogen) atoms. The molecule has 1 aliphatic rings. The maximum absolute atomic E-state index is 12.6. The Balaban J connectivity index is 1.54. The summed E-state index contributed by atoms with van der Waals surface area (Å²) in [5.41, 5.74) is 0. The zero-order valence-electron chi connectivity index (χ0n) is 13.9. The molecule has 0 aliphatic carbocycles. The zero-order valence-corrected chi connectivity index (χ0v) is 15.5. The Bertz CT molecular complexity index is 713. The van der Waals surface area contributed by atoms with E-state index in [1.165, 1.54) is 4.88 Å². The van der Waals surface area contributed by atoms with Crippen LogP contribution < -0.4 is 0 Å². The average molecular weight is 366 g/mol. The van der Waals surface area contributed by atoms with Crippen LogP contribution in [0.1, 0.15) is 24.0 Å². The summed E-state index contributed by atoms with van der Waals surface area (Å²) < 4.78 is 2.36. The number of hydrogen-bond acceptors (Lipinski definition) is 5. The molecule has 2 aromatic rings. The number of rotatable bonds is 6. The number of carbonyl (C=O) groups excluding carboxylic acids is 1. The van der Waals surface area contributed by atoms with E-state index in [2.05, 4.69) is 39.5 Å². The number of aromatic nitrogens is 3. The molecule has 6 nitrogen and oxygen atoms in total. The maximum atomic E-state index is 12.6. The number of amides is 1. The topological polar surface area (TPSA) is 57.2 Å². The molecule has 1 fully saturated rings. The fraction of sp³-hybridized carbons (Fsp3) is 0.562. The molecule has 0 spiro atoms. The second-order valence-corrected chi connectivity index (χ2v) is 7.44. The van der Waals surface area contributed by atoms with Gasteiger partial charge in [0.05, 0.1) is 0 Å². The van der Waals surface area contributed by atoms with Crippen LogP contribution in [0.4, 0.5) is 0 Å². The molecule has 0 unspecified atom stereocenters. The van der Waals surface area contributed by atoms with E-state index in [0.717, 1.165) is 51.4 Å². The Morgan fingerprint density at radius 1 is 1.38 bits per heavy atom. The average Bonchev–Trinajstić information content (AvgIpc) is 3.21. The van der Waals surface area contributed by atoms with Crippen LogP contribution in [0.2, 0.25) is 0 Å². The monoisotopic (exact) mass is 365 g/mol. The fourth-order valence-corrected chi connectivity index (χ4v) is 3.90. The van der Waals surface area contributed by atoms with Crippen molar-refractivity contribution in [1.82, 2.24) is 24.6 Å². The Labute approximate surface area is 151 Å². The van der Waals surface area contributed by atoms with E-state index < -0.39 is 0 Å². The highest BCUT2D eigenvalue weighted by atomic mass is 32.1. The first-order chi connectivity index (χ1) is 11.7. The zero-order chi connectivity index (χ0) is 16.9. The highest BCUT2D eigenvalue weighted by molar-refractivity contribution is 7.71. The van der Waals surface area contributed by atoms with Crippen molar-refractivity contribution in [3.63, 3.8) is 0 Å². The summed E-state index contributed by atoms with van der Waals surface area (Å²) in [5, 5.41) is 9.13. The van der Waals surface area contributed by atoms with Crippen molar-refractivity contribution in [2.45, 2.75) is 32.9 Å². The second kappa shape index (κ2) is 8.04. The molecular weight excluding hydrogens is 342 g/mol. The first-order valence-electron chi connectivity index (χ1n) is 8.34. The van der Waals surface area contributed by atoms with E-state index in [-0.39, 0.29) is 12.5 Å². The maximum Gasteiger partial charge on any atom is 0.242 e. The van der Waals surface area contributed by atoms with Gasteiger partial charge in [-0.15, -0.1) is 11.3 Å². The summed E-state index contributed by atoms with van der Waals surface area (Å²) in [7, 11) is 0. The van der Waals surface area contributed by atoms with Gasteiger partial charge in [-0.05, 0) is 30.1 Å². The Morgan fingerprint density at radius 2 is 2.17 bits per heavy atom. The molecule has 0 atom stereocenters. The van der Waals surface area contributed by atoms with Gasteiger partial charge in [-0.3, -0.25) is 19.4 Å². The molecule has 1 saturated heterocycles. The minimum atomic E-state index is 0.126. The standard InChI is InChI=1S/C16H23N5OS2/c1-2-4-14-17-18-16(23)21(14)12-15(22)20-8-6-19(7-9-20)11-13-5-3-10-24-13/h3,5,10H,2,4,6-9,11-12H2,1H3,(H,18,23). The van der Waals surface area contributed by atoms with Gasteiger partial charge in [-0.2, -0.15) is 5.10 Å². The van der Waals surface area contributed by atoms with Crippen LogP contribution in [0.25, 0.3) is 0 Å². The Kier molecular flexibility index (Phi) is 5.80. The minimum Gasteiger partial charge on any atom is -0.339 e. The summed E-state index contributed by atoms with van der Waals surface area (Å²) in [6.45, 7) is 6.75. The first kappa shape index (κ1) is 17.3. The van der Waals surface area contributed by atoms with Crippen LogP contribution in [0, 0.1) is 4.77 Å². The molecule has 2 aromatic heterocycles. The lowest BCUT2D eigenvalue weighted by Gasteiger charge is -2.34. The Hall–Kier alpha value is -1.51. The highest BCUT2D eigenvalue weighted by Gasteiger charge is 2.22.